The van der Waals surface area contributed by atoms with Crippen LogP contribution >= 0.6 is 0 Å². The monoisotopic (exact) mass is 468 g/mol. The lowest BCUT2D eigenvalue weighted by atomic mass is 10.0. The minimum Gasteiger partial charge on any atom is -0.450 e. The van der Waals surface area contributed by atoms with Gasteiger partial charge in [0.25, 0.3) is 0 Å². The number of sulfonamides is 1. The molecule has 2 aromatic rings. The fourth-order valence-corrected chi connectivity index (χ4v) is 4.51. The maximum Gasteiger partial charge on any atom is 0.229 e. The van der Waals surface area contributed by atoms with Gasteiger partial charge in [0.05, 0.1) is 11.9 Å². The lowest BCUT2D eigenvalue weighted by Gasteiger charge is -2.21. The van der Waals surface area contributed by atoms with Gasteiger partial charge >= 0.3 is 0 Å². The molecule has 0 unspecified atom stereocenters. The number of hydrogen-bond donors (Lipinski definition) is 2. The summed E-state index contributed by atoms with van der Waals surface area (Å²) in [4.78, 5) is 32.0. The number of benzene rings is 3. The van der Waals surface area contributed by atoms with Crippen LogP contribution in [0.3, 0.4) is 0 Å². The van der Waals surface area contributed by atoms with Crippen LogP contribution in [0.25, 0.3) is 33.3 Å². The lowest BCUT2D eigenvalue weighted by molar-refractivity contribution is -0.114. The molecule has 0 atom stereocenters. The van der Waals surface area contributed by atoms with E-state index in [9.17, 15) is 18.0 Å². The molecule has 0 radical (unpaired) electrons. The fourth-order valence-electron chi connectivity index (χ4n) is 3.94. The van der Waals surface area contributed by atoms with Crippen LogP contribution < -0.4 is 20.4 Å². The second-order valence-electron chi connectivity index (χ2n) is 7.70. The topological polar surface area (TPSA) is 122 Å². The van der Waals surface area contributed by atoms with Crippen molar-refractivity contribution < 1.29 is 17.6 Å². The lowest BCUT2D eigenvalue weighted by Crippen LogP contribution is -2.21. The Labute approximate surface area is 190 Å². The third-order valence-electron chi connectivity index (χ3n) is 5.33. The van der Waals surface area contributed by atoms with Crippen LogP contribution in [0.15, 0.2) is 45.6 Å². The highest BCUT2D eigenvalue weighted by Crippen LogP contribution is 2.39. The Balaban J connectivity index is 2.14. The van der Waals surface area contributed by atoms with Gasteiger partial charge in [-0.2, -0.15) is 0 Å². The van der Waals surface area contributed by atoms with Crippen LogP contribution in [0, 0.1) is 0 Å². The molecule has 1 amide bonds. The molecule has 0 saturated heterocycles. The summed E-state index contributed by atoms with van der Waals surface area (Å²) in [5, 5.41) is 3.08. The molecule has 0 saturated carbocycles. The normalized spacial score (nSPS) is 11.8. The number of rotatable bonds is 6. The van der Waals surface area contributed by atoms with E-state index >= 15 is 0 Å². The molecule has 1 aliphatic carbocycles. The average molecular weight is 469 g/mol. The van der Waals surface area contributed by atoms with Crippen molar-refractivity contribution in [3.05, 3.63) is 46.6 Å². The van der Waals surface area contributed by atoms with Gasteiger partial charge in [-0.15, -0.1) is 0 Å². The van der Waals surface area contributed by atoms with Crippen molar-refractivity contribution in [2.75, 3.05) is 34.3 Å². The summed E-state index contributed by atoms with van der Waals surface area (Å²) in [7, 11) is -3.63. The van der Waals surface area contributed by atoms with E-state index in [1.165, 1.54) is 6.92 Å². The molecule has 10 heteroatoms. The predicted octanol–water partition coefficient (Wildman–Crippen LogP) is 3.62. The summed E-state index contributed by atoms with van der Waals surface area (Å²) in [6.07, 6.45) is 1.03. The molecule has 9 nitrogen and oxygen atoms in total. The first kappa shape index (κ1) is 22.5. The summed E-state index contributed by atoms with van der Waals surface area (Å²) < 4.78 is 32.5. The second kappa shape index (κ2) is 8.36. The van der Waals surface area contributed by atoms with E-state index in [4.69, 9.17) is 9.40 Å². The Morgan fingerprint density at radius 2 is 1.88 bits per heavy atom. The number of nitrogens with one attached hydrogen (secondary N) is 2. The fraction of sp³-hybridized carbons (Fsp3) is 0.261. The number of carbonyl (C=O) groups excluding carboxylic acids is 1. The minimum atomic E-state index is -3.63. The Kier molecular flexibility index (Phi) is 5.71. The van der Waals surface area contributed by atoms with Gasteiger partial charge in [-0.05, 0) is 32.0 Å². The zero-order valence-electron chi connectivity index (χ0n) is 18.7. The molecule has 2 aromatic carbocycles. The number of aromatic nitrogens is 1. The van der Waals surface area contributed by atoms with Crippen LogP contribution in [0.4, 0.5) is 17.1 Å². The van der Waals surface area contributed by atoms with Crippen molar-refractivity contribution >= 4 is 54.9 Å². The largest absolute Gasteiger partial charge is 0.450 e. The first-order valence-electron chi connectivity index (χ1n) is 10.5. The molecule has 0 fully saturated rings. The van der Waals surface area contributed by atoms with Gasteiger partial charge in [-0.25, -0.2) is 13.4 Å². The molecule has 4 rings (SSSR count). The number of anilines is 3. The Hall–Kier alpha value is -3.66. The molecule has 1 heterocycles. The third-order valence-corrected chi connectivity index (χ3v) is 5.92. The zero-order valence-corrected chi connectivity index (χ0v) is 19.5. The van der Waals surface area contributed by atoms with Gasteiger partial charge < -0.3 is 14.6 Å². The molecule has 33 heavy (non-hydrogen) atoms. The van der Waals surface area contributed by atoms with E-state index in [1.54, 1.807) is 18.2 Å². The van der Waals surface area contributed by atoms with E-state index in [0.29, 0.717) is 16.5 Å². The number of carbonyl (C=O) groups is 1. The van der Waals surface area contributed by atoms with Gasteiger partial charge in [0.15, 0.2) is 11.3 Å². The van der Waals surface area contributed by atoms with Crippen molar-refractivity contribution in [3.63, 3.8) is 0 Å². The molecular weight excluding hydrogens is 444 g/mol. The van der Waals surface area contributed by atoms with E-state index in [-0.39, 0.29) is 28.2 Å². The maximum absolute atomic E-state index is 13.3. The van der Waals surface area contributed by atoms with Crippen molar-refractivity contribution in [2.24, 2.45) is 0 Å². The minimum absolute atomic E-state index is 0.0378. The van der Waals surface area contributed by atoms with Crippen molar-refractivity contribution in [2.45, 2.75) is 20.8 Å². The van der Waals surface area contributed by atoms with Crippen LogP contribution in [0.5, 0.6) is 0 Å². The highest BCUT2D eigenvalue weighted by molar-refractivity contribution is 7.92. The second-order valence-corrected chi connectivity index (χ2v) is 9.45. The third kappa shape index (κ3) is 4.21. The molecule has 2 N–H and O–H groups in total. The molecule has 2 aliphatic rings. The molecule has 0 aromatic heterocycles. The summed E-state index contributed by atoms with van der Waals surface area (Å²) in [6, 6.07) is 10.3. The SMILES string of the molecule is CCN(CC)c1ccc2nc3c4c(NS(C)(=O)=O)cccc4c(=O)c(NC(C)=O)c-3oc2c1. The maximum atomic E-state index is 13.3. The predicted molar refractivity (Wildman–Crippen MR) is 131 cm³/mol. The molecule has 0 spiro atoms. The van der Waals surface area contributed by atoms with Gasteiger partial charge in [-0.1, -0.05) is 12.1 Å². The van der Waals surface area contributed by atoms with Gasteiger partial charge in [-0.3, -0.25) is 14.3 Å². The smallest absolute Gasteiger partial charge is 0.229 e. The van der Waals surface area contributed by atoms with Gasteiger partial charge in [0, 0.05) is 42.5 Å². The summed E-state index contributed by atoms with van der Waals surface area (Å²) in [6.45, 7) is 6.99. The van der Waals surface area contributed by atoms with Gasteiger partial charge in [0.2, 0.25) is 21.4 Å². The van der Waals surface area contributed by atoms with Crippen LogP contribution in [0.2, 0.25) is 0 Å². The summed E-state index contributed by atoms with van der Waals surface area (Å²) in [5.74, 6) is -0.361. The number of nitrogens with zero attached hydrogens (tertiary/aromatic N) is 2. The van der Waals surface area contributed by atoms with Crippen molar-refractivity contribution in [3.8, 4) is 11.5 Å². The molecule has 172 valence electrons. The zero-order chi connectivity index (χ0) is 23.9. The van der Waals surface area contributed by atoms with Gasteiger partial charge in [0.1, 0.15) is 16.9 Å². The van der Waals surface area contributed by atoms with Crippen molar-refractivity contribution in [1.82, 2.24) is 4.98 Å². The van der Waals surface area contributed by atoms with Crippen molar-refractivity contribution in [1.29, 1.82) is 0 Å². The quantitative estimate of drug-likeness (QED) is 0.327. The molecule has 1 aliphatic heterocycles. The molecule has 0 bridgehead atoms. The number of hydrogen-bond acceptors (Lipinski definition) is 7. The average Bonchev–Trinajstić information content (AvgIpc) is 2.75. The first-order valence-corrected chi connectivity index (χ1v) is 12.4. The standard InChI is InChI=1S/C23H24N4O5S/c1-5-27(6-2)14-10-11-16-18(12-14)32-23-20(25-16)19-15(22(29)21(23)24-13(3)28)8-7-9-17(19)26-33(4,30)31/h7-12,26H,5-6H2,1-4H3,(H,24,28). The summed E-state index contributed by atoms with van der Waals surface area (Å²) in [5.41, 5.74) is 1.84. The van der Waals surface area contributed by atoms with E-state index in [1.807, 2.05) is 32.0 Å². The summed E-state index contributed by atoms with van der Waals surface area (Å²) >= 11 is 0. The first-order chi connectivity index (χ1) is 15.6. The van der Waals surface area contributed by atoms with E-state index in [2.05, 4.69) is 14.9 Å². The Bertz CT molecular complexity index is 1520. The highest BCUT2D eigenvalue weighted by Gasteiger charge is 2.25. The Morgan fingerprint density at radius 3 is 2.52 bits per heavy atom. The van der Waals surface area contributed by atoms with Crippen LogP contribution in [-0.2, 0) is 14.8 Å². The highest BCUT2D eigenvalue weighted by atomic mass is 32.2. The van der Waals surface area contributed by atoms with Crippen LogP contribution in [0.1, 0.15) is 20.8 Å². The van der Waals surface area contributed by atoms with E-state index in [0.717, 1.165) is 25.0 Å². The molecular formula is C23H24N4O5S. The number of fused-ring (bicyclic) bond motifs is 4. The Morgan fingerprint density at radius 1 is 1.15 bits per heavy atom. The number of amides is 1. The van der Waals surface area contributed by atoms with E-state index < -0.39 is 21.4 Å². The van der Waals surface area contributed by atoms with Crippen LogP contribution in [-0.4, -0.2) is 38.7 Å².